The summed E-state index contributed by atoms with van der Waals surface area (Å²) in [6.45, 7) is 2.05. The van der Waals surface area contributed by atoms with Crippen LogP contribution >= 0.6 is 11.3 Å². The van der Waals surface area contributed by atoms with Crippen LogP contribution in [0.1, 0.15) is 36.6 Å². The highest BCUT2D eigenvalue weighted by molar-refractivity contribution is 7.86. The van der Waals surface area contributed by atoms with Gasteiger partial charge in [0.1, 0.15) is 0 Å². The molecule has 1 aromatic heterocycles. The van der Waals surface area contributed by atoms with E-state index < -0.39 is 10.2 Å². The van der Waals surface area contributed by atoms with Gasteiger partial charge in [-0.25, -0.2) is 0 Å². The summed E-state index contributed by atoms with van der Waals surface area (Å²) >= 11 is 1.66. The molecular weight excluding hydrogens is 268 g/mol. The fourth-order valence-corrected chi connectivity index (χ4v) is 5.71. The number of hydrogen-bond donors (Lipinski definition) is 0. The summed E-state index contributed by atoms with van der Waals surface area (Å²) in [5.41, 5.74) is 0. The van der Waals surface area contributed by atoms with E-state index in [0.29, 0.717) is 19.6 Å². The summed E-state index contributed by atoms with van der Waals surface area (Å²) in [7, 11) is -3.24. The summed E-state index contributed by atoms with van der Waals surface area (Å²) in [6, 6.07) is 4.11. The van der Waals surface area contributed by atoms with Crippen molar-refractivity contribution in [2.24, 2.45) is 0 Å². The predicted molar refractivity (Wildman–Crippen MR) is 72.7 cm³/mol. The topological polar surface area (TPSA) is 40.6 Å². The molecule has 0 spiro atoms. The molecule has 2 aliphatic rings. The maximum Gasteiger partial charge on any atom is 0.282 e. The molecule has 0 aromatic carbocycles. The largest absolute Gasteiger partial charge is 0.282 e. The van der Waals surface area contributed by atoms with Gasteiger partial charge in [-0.2, -0.15) is 17.0 Å². The molecule has 0 bridgehead atoms. The van der Waals surface area contributed by atoms with Crippen LogP contribution in [0, 0.1) is 0 Å². The highest BCUT2D eigenvalue weighted by Gasteiger charge is 2.39. The monoisotopic (exact) mass is 286 g/mol. The average Bonchev–Trinajstić information content (AvgIpc) is 3.11. The minimum atomic E-state index is -3.24. The SMILES string of the molecule is O=S(=O)(N1CCCC1)N1CCCC1c1cccs1. The summed E-state index contributed by atoms with van der Waals surface area (Å²) in [5.74, 6) is 0. The van der Waals surface area contributed by atoms with Crippen molar-refractivity contribution in [1.82, 2.24) is 8.61 Å². The molecule has 2 aliphatic heterocycles. The number of hydrogen-bond acceptors (Lipinski definition) is 3. The lowest BCUT2D eigenvalue weighted by atomic mass is 10.2. The van der Waals surface area contributed by atoms with Crippen molar-refractivity contribution in [2.45, 2.75) is 31.7 Å². The van der Waals surface area contributed by atoms with Crippen molar-refractivity contribution >= 4 is 21.5 Å². The second kappa shape index (κ2) is 4.92. The second-order valence-electron chi connectivity index (χ2n) is 4.90. The van der Waals surface area contributed by atoms with Gasteiger partial charge in [0.2, 0.25) is 0 Å². The first-order valence-corrected chi connectivity index (χ1v) is 8.77. The average molecular weight is 286 g/mol. The Bertz CT molecular complexity index is 492. The molecule has 3 heterocycles. The van der Waals surface area contributed by atoms with E-state index in [1.807, 2.05) is 17.5 Å². The molecule has 0 radical (unpaired) electrons. The molecule has 2 fully saturated rings. The van der Waals surface area contributed by atoms with Gasteiger partial charge in [0.25, 0.3) is 10.2 Å². The Balaban J connectivity index is 1.86. The van der Waals surface area contributed by atoms with E-state index in [2.05, 4.69) is 0 Å². The van der Waals surface area contributed by atoms with E-state index in [1.54, 1.807) is 19.9 Å². The fraction of sp³-hybridized carbons (Fsp3) is 0.667. The van der Waals surface area contributed by atoms with Crippen LogP contribution in [-0.2, 0) is 10.2 Å². The van der Waals surface area contributed by atoms with Gasteiger partial charge in [-0.15, -0.1) is 11.3 Å². The Morgan fingerprint density at radius 3 is 2.61 bits per heavy atom. The maximum absolute atomic E-state index is 12.6. The highest BCUT2D eigenvalue weighted by atomic mass is 32.2. The van der Waals surface area contributed by atoms with Gasteiger partial charge in [-0.1, -0.05) is 6.07 Å². The van der Waals surface area contributed by atoms with Gasteiger partial charge in [-0.3, -0.25) is 0 Å². The molecule has 2 saturated heterocycles. The van der Waals surface area contributed by atoms with Crippen LogP contribution < -0.4 is 0 Å². The van der Waals surface area contributed by atoms with Crippen molar-refractivity contribution in [2.75, 3.05) is 19.6 Å². The normalized spacial score (nSPS) is 27.0. The molecule has 1 atom stereocenters. The molecule has 4 nitrogen and oxygen atoms in total. The van der Waals surface area contributed by atoms with Gasteiger partial charge >= 0.3 is 0 Å². The van der Waals surface area contributed by atoms with Crippen molar-refractivity contribution < 1.29 is 8.42 Å². The van der Waals surface area contributed by atoms with Gasteiger partial charge in [-0.05, 0) is 37.1 Å². The first kappa shape index (κ1) is 12.6. The quantitative estimate of drug-likeness (QED) is 0.855. The van der Waals surface area contributed by atoms with Gasteiger partial charge in [0.05, 0.1) is 6.04 Å². The molecule has 6 heteroatoms. The van der Waals surface area contributed by atoms with E-state index in [-0.39, 0.29) is 6.04 Å². The minimum absolute atomic E-state index is 0.0654. The Hall–Kier alpha value is -0.430. The van der Waals surface area contributed by atoms with Crippen LogP contribution in [0.5, 0.6) is 0 Å². The van der Waals surface area contributed by atoms with Crippen LogP contribution in [0.3, 0.4) is 0 Å². The van der Waals surface area contributed by atoms with E-state index in [4.69, 9.17) is 0 Å². The van der Waals surface area contributed by atoms with Gasteiger partial charge < -0.3 is 0 Å². The van der Waals surface area contributed by atoms with E-state index >= 15 is 0 Å². The molecule has 3 rings (SSSR count). The van der Waals surface area contributed by atoms with Gasteiger partial charge in [0.15, 0.2) is 0 Å². The standard InChI is InChI=1S/C12H18N2O2S2/c15-18(16,13-7-1-2-8-13)14-9-3-5-11(14)12-6-4-10-17-12/h4,6,10-11H,1-3,5,7-9H2. The zero-order valence-electron chi connectivity index (χ0n) is 10.3. The van der Waals surface area contributed by atoms with Crippen LogP contribution in [0.2, 0.25) is 0 Å². The zero-order chi connectivity index (χ0) is 12.6. The molecule has 18 heavy (non-hydrogen) atoms. The Kier molecular flexibility index (Phi) is 3.44. The Labute approximate surface area is 112 Å². The van der Waals surface area contributed by atoms with Crippen molar-refractivity contribution in [3.63, 3.8) is 0 Å². The summed E-state index contributed by atoms with van der Waals surface area (Å²) in [4.78, 5) is 1.18. The van der Waals surface area contributed by atoms with Gasteiger partial charge in [0, 0.05) is 24.5 Å². The van der Waals surface area contributed by atoms with Crippen LogP contribution in [0.4, 0.5) is 0 Å². The summed E-state index contributed by atoms with van der Waals surface area (Å²) < 4.78 is 28.6. The number of rotatable bonds is 3. The third kappa shape index (κ3) is 2.11. The van der Waals surface area contributed by atoms with Crippen molar-refractivity contribution in [3.8, 4) is 0 Å². The van der Waals surface area contributed by atoms with E-state index in [0.717, 1.165) is 25.7 Å². The van der Waals surface area contributed by atoms with Crippen LogP contribution in [-0.4, -0.2) is 36.7 Å². The second-order valence-corrected chi connectivity index (χ2v) is 7.76. The lowest BCUT2D eigenvalue weighted by Crippen LogP contribution is -2.41. The first-order valence-electron chi connectivity index (χ1n) is 6.50. The first-order chi connectivity index (χ1) is 8.69. The molecule has 0 aliphatic carbocycles. The molecule has 1 aromatic rings. The summed E-state index contributed by atoms with van der Waals surface area (Å²) in [6.07, 6.45) is 3.91. The Morgan fingerprint density at radius 1 is 1.17 bits per heavy atom. The lowest BCUT2D eigenvalue weighted by molar-refractivity contribution is 0.351. The third-order valence-electron chi connectivity index (χ3n) is 3.76. The number of nitrogens with zero attached hydrogens (tertiary/aromatic N) is 2. The maximum atomic E-state index is 12.6. The molecule has 0 saturated carbocycles. The molecular formula is C12H18N2O2S2. The zero-order valence-corrected chi connectivity index (χ0v) is 11.9. The molecule has 0 N–H and O–H groups in total. The summed E-state index contributed by atoms with van der Waals surface area (Å²) in [5, 5.41) is 2.02. The van der Waals surface area contributed by atoms with Crippen molar-refractivity contribution in [3.05, 3.63) is 22.4 Å². The molecule has 100 valence electrons. The third-order valence-corrected chi connectivity index (χ3v) is 6.78. The lowest BCUT2D eigenvalue weighted by Gasteiger charge is -2.28. The predicted octanol–water partition coefficient (Wildman–Crippen LogP) is 2.23. The minimum Gasteiger partial charge on any atom is -0.195 e. The highest BCUT2D eigenvalue weighted by Crippen LogP contribution is 2.37. The van der Waals surface area contributed by atoms with E-state index in [1.165, 1.54) is 4.88 Å². The van der Waals surface area contributed by atoms with Crippen LogP contribution in [0.25, 0.3) is 0 Å². The van der Waals surface area contributed by atoms with E-state index in [9.17, 15) is 8.42 Å². The molecule has 0 amide bonds. The Morgan fingerprint density at radius 2 is 1.94 bits per heavy atom. The smallest absolute Gasteiger partial charge is 0.195 e. The number of thiophene rings is 1. The fourth-order valence-electron chi connectivity index (χ4n) is 2.85. The molecule has 1 unspecified atom stereocenters. The van der Waals surface area contributed by atoms with Crippen molar-refractivity contribution in [1.29, 1.82) is 0 Å². The van der Waals surface area contributed by atoms with Crippen LogP contribution in [0.15, 0.2) is 17.5 Å².